The topological polar surface area (TPSA) is 78.4 Å². The fourth-order valence-electron chi connectivity index (χ4n) is 8.13. The molecule has 2 saturated carbocycles. The molecule has 0 heterocycles. The minimum atomic E-state index is -5.88. The zero-order valence-electron chi connectivity index (χ0n) is 24.1. The lowest BCUT2D eigenvalue weighted by Gasteiger charge is -2.56. The Morgan fingerprint density at radius 3 is 2.44 bits per heavy atom. The quantitative estimate of drug-likeness (QED) is 0.231. The first-order valence-electron chi connectivity index (χ1n) is 14.8. The van der Waals surface area contributed by atoms with Crippen molar-refractivity contribution in [3.63, 3.8) is 0 Å². The van der Waals surface area contributed by atoms with Gasteiger partial charge >= 0.3 is 18.1 Å². The van der Waals surface area contributed by atoms with Gasteiger partial charge in [-0.05, 0) is 78.7 Å². The molecule has 0 spiro atoms. The van der Waals surface area contributed by atoms with Crippen molar-refractivity contribution in [3.8, 4) is 0 Å². The maximum absolute atomic E-state index is 15.1. The van der Waals surface area contributed by atoms with Gasteiger partial charge in [0, 0.05) is 30.8 Å². The van der Waals surface area contributed by atoms with Crippen molar-refractivity contribution in [2.45, 2.75) is 75.5 Å². The average molecular weight is 605 g/mol. The summed E-state index contributed by atoms with van der Waals surface area (Å²) in [5.74, 6) is -6.51. The van der Waals surface area contributed by atoms with Gasteiger partial charge in [-0.15, -0.1) is 6.58 Å². The van der Waals surface area contributed by atoms with Crippen molar-refractivity contribution in [3.05, 3.63) is 76.9 Å². The third-order valence-electron chi connectivity index (χ3n) is 10.2. The minimum absolute atomic E-state index is 0.0406. The Morgan fingerprint density at radius 2 is 1.77 bits per heavy atom. The van der Waals surface area contributed by atoms with Gasteiger partial charge in [0.1, 0.15) is 5.60 Å². The molecule has 0 saturated heterocycles. The zero-order chi connectivity index (χ0) is 31.2. The van der Waals surface area contributed by atoms with Crippen LogP contribution in [0.15, 0.2) is 65.8 Å². The monoisotopic (exact) mass is 604 g/mol. The van der Waals surface area contributed by atoms with Crippen molar-refractivity contribution in [2.75, 3.05) is 13.1 Å². The lowest BCUT2D eigenvalue weighted by Crippen LogP contribution is -2.65. The van der Waals surface area contributed by atoms with Crippen LogP contribution in [0.1, 0.15) is 68.9 Å². The smallest absolute Gasteiger partial charge is 0.383 e. The molecule has 0 radical (unpaired) electrons. The molecule has 0 aliphatic heterocycles. The summed E-state index contributed by atoms with van der Waals surface area (Å²) in [5, 5.41) is 16.7. The van der Waals surface area contributed by atoms with Gasteiger partial charge < -0.3 is 15.7 Å². The van der Waals surface area contributed by atoms with Gasteiger partial charge in [0.15, 0.2) is 5.78 Å². The Bertz CT molecular complexity index is 1380. The van der Waals surface area contributed by atoms with E-state index in [-0.39, 0.29) is 37.1 Å². The van der Waals surface area contributed by atoms with Crippen molar-refractivity contribution in [1.82, 2.24) is 10.6 Å². The van der Waals surface area contributed by atoms with Crippen molar-refractivity contribution < 1.29 is 36.6 Å². The Kier molecular flexibility index (Phi) is 8.22. The second kappa shape index (κ2) is 11.3. The van der Waals surface area contributed by atoms with Gasteiger partial charge in [-0.25, -0.2) is 4.79 Å². The normalized spacial score (nSPS) is 30.8. The number of carbonyl (C=O) groups excluding carboxylic acids is 2. The standard InChI is InChI=1S/C33H37F5N2O3/c1-3-16-39-29(42)40-17-4-5-20-6-8-21(9-7-20)26-19-30(2)27(14-15-31(30,43)32(34,35)33(36,37)38)25-12-10-22-18-23(41)11-13-24(22)28(25)26/h3-9,18,25-27,43H,1,10-17,19H2,2H3,(H2,39,40,42)/t25-,26+,27-,30-,31-/m0/s1. The van der Waals surface area contributed by atoms with E-state index in [2.05, 4.69) is 17.2 Å². The number of hydrogen-bond donors (Lipinski definition) is 3. The van der Waals surface area contributed by atoms with E-state index in [0.717, 1.165) is 27.8 Å². The van der Waals surface area contributed by atoms with Gasteiger partial charge in [0.2, 0.25) is 0 Å². The minimum Gasteiger partial charge on any atom is -0.383 e. The SMILES string of the molecule is C=CCNC(=O)NCC=Cc1ccc([C@H]2C[C@@]3(C)[C@@H](CC[C@@]3(O)C(F)(F)C(F)(F)F)[C@@H]3CCC4=CC(=O)CCC4=C32)cc1. The number of hydrogen-bond acceptors (Lipinski definition) is 3. The Balaban J connectivity index is 1.50. The molecule has 5 nitrogen and oxygen atoms in total. The molecule has 1 aromatic carbocycles. The van der Waals surface area contributed by atoms with Crippen LogP contribution in [0.2, 0.25) is 0 Å². The largest absolute Gasteiger partial charge is 0.456 e. The molecule has 4 aliphatic carbocycles. The summed E-state index contributed by atoms with van der Waals surface area (Å²) in [6.45, 7) is 5.58. The number of urea groups is 1. The molecule has 3 N–H and O–H groups in total. The summed E-state index contributed by atoms with van der Waals surface area (Å²) in [7, 11) is 0. The molecule has 0 unspecified atom stereocenters. The summed E-state index contributed by atoms with van der Waals surface area (Å²) < 4.78 is 71.5. The fourth-order valence-corrected chi connectivity index (χ4v) is 8.13. The first-order valence-corrected chi connectivity index (χ1v) is 14.8. The van der Waals surface area contributed by atoms with Crippen molar-refractivity contribution >= 4 is 17.9 Å². The van der Waals surface area contributed by atoms with E-state index in [4.69, 9.17) is 0 Å². The number of allylic oxidation sites excluding steroid dienone is 4. The number of benzene rings is 1. The van der Waals surface area contributed by atoms with Gasteiger partial charge in [-0.2, -0.15) is 22.0 Å². The number of nitrogens with one attached hydrogen (secondary N) is 2. The maximum Gasteiger partial charge on any atom is 0.456 e. The molecular weight excluding hydrogens is 567 g/mol. The molecule has 4 aliphatic rings. The highest BCUT2D eigenvalue weighted by molar-refractivity contribution is 5.93. The predicted octanol–water partition coefficient (Wildman–Crippen LogP) is 7.01. The van der Waals surface area contributed by atoms with Crippen LogP contribution in [0.25, 0.3) is 6.08 Å². The summed E-state index contributed by atoms with van der Waals surface area (Å²) in [4.78, 5) is 23.9. The number of ketones is 1. The van der Waals surface area contributed by atoms with E-state index in [1.165, 1.54) is 6.92 Å². The third-order valence-corrected chi connectivity index (χ3v) is 10.2. The van der Waals surface area contributed by atoms with E-state index < -0.39 is 41.4 Å². The van der Waals surface area contributed by atoms with E-state index >= 15 is 8.78 Å². The lowest BCUT2D eigenvalue weighted by atomic mass is 9.50. The lowest BCUT2D eigenvalue weighted by molar-refractivity contribution is -0.362. The number of halogens is 5. The highest BCUT2D eigenvalue weighted by atomic mass is 19.4. The molecule has 2 amide bonds. The summed E-state index contributed by atoms with van der Waals surface area (Å²) in [5.41, 5.74) is -0.324. The summed E-state index contributed by atoms with van der Waals surface area (Å²) in [6, 6.07) is 7.05. The van der Waals surface area contributed by atoms with Crippen LogP contribution in [0.4, 0.5) is 26.7 Å². The molecule has 1 aromatic rings. The highest BCUT2D eigenvalue weighted by Crippen LogP contribution is 2.70. The third kappa shape index (κ3) is 5.25. The molecule has 0 bridgehead atoms. The molecule has 2 fully saturated rings. The Labute approximate surface area is 248 Å². The molecule has 5 rings (SSSR count). The van der Waals surface area contributed by atoms with Crippen molar-refractivity contribution in [2.24, 2.45) is 17.3 Å². The molecular formula is C33H37F5N2O3. The zero-order valence-corrected chi connectivity index (χ0v) is 24.1. The van der Waals surface area contributed by atoms with Crippen LogP contribution in [0.5, 0.6) is 0 Å². The number of rotatable bonds is 7. The van der Waals surface area contributed by atoms with Crippen LogP contribution in [0.3, 0.4) is 0 Å². The van der Waals surface area contributed by atoms with E-state index in [1.54, 1.807) is 18.2 Å². The van der Waals surface area contributed by atoms with Crippen LogP contribution >= 0.6 is 0 Å². The Hall–Kier alpha value is -3.27. The summed E-state index contributed by atoms with van der Waals surface area (Å²) in [6.07, 6.45) is 2.28. The van der Waals surface area contributed by atoms with E-state index in [1.807, 2.05) is 30.3 Å². The van der Waals surface area contributed by atoms with E-state index in [0.29, 0.717) is 32.2 Å². The number of carbonyl (C=O) groups is 2. The fraction of sp³-hybridized carbons (Fsp3) is 0.515. The van der Waals surface area contributed by atoms with Crippen LogP contribution in [-0.4, -0.2) is 47.7 Å². The van der Waals surface area contributed by atoms with Gasteiger partial charge in [0.05, 0.1) is 0 Å². The van der Waals surface area contributed by atoms with E-state index in [9.17, 15) is 27.9 Å². The van der Waals surface area contributed by atoms with Gasteiger partial charge in [-0.1, -0.05) is 55.0 Å². The van der Waals surface area contributed by atoms with Crippen LogP contribution in [0, 0.1) is 17.3 Å². The van der Waals surface area contributed by atoms with Crippen LogP contribution in [-0.2, 0) is 4.79 Å². The molecule has 232 valence electrons. The number of fused-ring (bicyclic) bond motifs is 4. The predicted molar refractivity (Wildman–Crippen MR) is 153 cm³/mol. The maximum atomic E-state index is 15.1. The first-order chi connectivity index (χ1) is 20.2. The first kappa shape index (κ1) is 31.2. The van der Waals surface area contributed by atoms with Gasteiger partial charge in [-0.3, -0.25) is 4.79 Å². The summed E-state index contributed by atoms with van der Waals surface area (Å²) >= 11 is 0. The molecule has 43 heavy (non-hydrogen) atoms. The second-order valence-corrected chi connectivity index (χ2v) is 12.4. The average Bonchev–Trinajstić information content (AvgIpc) is 3.24. The highest BCUT2D eigenvalue weighted by Gasteiger charge is 2.79. The van der Waals surface area contributed by atoms with Gasteiger partial charge in [0.25, 0.3) is 0 Å². The Morgan fingerprint density at radius 1 is 1.07 bits per heavy atom. The molecule has 10 heteroatoms. The second-order valence-electron chi connectivity index (χ2n) is 12.4. The molecule has 0 aromatic heterocycles. The number of aliphatic hydroxyl groups is 1. The number of alkyl halides is 5. The van der Waals surface area contributed by atoms with Crippen molar-refractivity contribution in [1.29, 1.82) is 0 Å². The molecule has 5 atom stereocenters. The van der Waals surface area contributed by atoms with Crippen LogP contribution < -0.4 is 10.6 Å². The number of amides is 2.